The van der Waals surface area contributed by atoms with Crippen molar-refractivity contribution in [2.45, 2.75) is 16.4 Å². The molecule has 0 saturated heterocycles. The molecule has 0 atom stereocenters. The summed E-state index contributed by atoms with van der Waals surface area (Å²) < 4.78 is 0. The molecule has 0 radical (unpaired) electrons. The van der Waals surface area contributed by atoms with Crippen molar-refractivity contribution in [3.05, 3.63) is 0 Å². The van der Waals surface area contributed by atoms with Crippen LogP contribution in [0.2, 0.25) is 16.4 Å². The maximum absolute atomic E-state index is 2.35. The molecule has 0 rings (SSSR count). The average Bonchev–Trinajstić information content (AvgIpc) is 0.811. The molecule has 0 unspecified atom stereocenters. The Bertz CT molecular complexity index is 9.61. The van der Waals surface area contributed by atoms with Crippen molar-refractivity contribution in [2.75, 3.05) is 0 Å². The van der Waals surface area contributed by atoms with Gasteiger partial charge in [0.1, 0.15) is 0 Å². The Balaban J connectivity index is 0. The zero-order valence-corrected chi connectivity index (χ0v) is 6.00. The molecule has 0 spiro atoms. The van der Waals surface area contributed by atoms with Gasteiger partial charge in [0.25, 0.3) is 0 Å². The molecule has 5 heavy (non-hydrogen) atoms. The van der Waals surface area contributed by atoms with Crippen LogP contribution in [0.15, 0.2) is 0 Å². The molecule has 0 aliphatic heterocycles. The van der Waals surface area contributed by atoms with E-state index in [0.29, 0.717) is 0 Å². The Morgan fingerprint density at radius 2 is 1.00 bits per heavy atom. The second-order valence-corrected chi connectivity index (χ2v) is 9.00. The van der Waals surface area contributed by atoms with Gasteiger partial charge < -0.3 is 0 Å². The van der Waals surface area contributed by atoms with E-state index in [1.165, 1.54) is 0 Å². The van der Waals surface area contributed by atoms with Crippen LogP contribution in [0.25, 0.3) is 0 Å². The summed E-state index contributed by atoms with van der Waals surface area (Å²) >= 11 is -0.479. The Labute approximate surface area is 52.4 Å². The summed E-state index contributed by atoms with van der Waals surface area (Å²) in [5.74, 6) is 0. The Kier molecular flexibility index (Phi) is 10.1. The zero-order chi connectivity index (χ0) is 3.58. The van der Waals surface area contributed by atoms with E-state index in [1.54, 1.807) is 0 Å². The SMILES string of the molecule is [CH3][Ga]([CH3])[CH3].[GaH3]. The molecule has 0 aromatic heterocycles. The van der Waals surface area contributed by atoms with E-state index in [0.717, 1.165) is 0 Å². The van der Waals surface area contributed by atoms with Crippen molar-refractivity contribution in [1.29, 1.82) is 0 Å². The average molecular weight is 188 g/mol. The summed E-state index contributed by atoms with van der Waals surface area (Å²) in [6, 6.07) is 0. The van der Waals surface area contributed by atoms with Crippen molar-refractivity contribution in [1.82, 2.24) is 0 Å². The Morgan fingerprint density at radius 3 is 1.00 bits per heavy atom. The van der Waals surface area contributed by atoms with E-state index in [2.05, 4.69) is 16.4 Å². The summed E-state index contributed by atoms with van der Waals surface area (Å²) in [6.07, 6.45) is 0. The normalized spacial score (nSPS) is 5.40. The fraction of sp³-hybridized carbons (Fsp3) is 1.00. The van der Waals surface area contributed by atoms with E-state index < -0.39 is 16.2 Å². The predicted octanol–water partition coefficient (Wildman–Crippen LogP) is 0.187. The molecule has 0 N–H and O–H groups in total. The van der Waals surface area contributed by atoms with Crippen LogP contribution in [0.1, 0.15) is 0 Å². The van der Waals surface area contributed by atoms with Crippen LogP contribution in [0.4, 0.5) is 0 Å². The van der Waals surface area contributed by atoms with Crippen LogP contribution in [0, 0.1) is 0 Å². The van der Waals surface area contributed by atoms with Crippen LogP contribution < -0.4 is 0 Å². The van der Waals surface area contributed by atoms with Gasteiger partial charge in [-0.1, -0.05) is 0 Å². The van der Waals surface area contributed by atoms with Crippen LogP contribution in [-0.4, -0.2) is 36.0 Å². The van der Waals surface area contributed by atoms with E-state index >= 15 is 0 Å². The summed E-state index contributed by atoms with van der Waals surface area (Å²) in [5.41, 5.74) is 7.06. The van der Waals surface area contributed by atoms with Gasteiger partial charge in [0.05, 0.1) is 0 Å². The molecular formula is C3H12Ga2. The molecule has 2 heteroatoms. The van der Waals surface area contributed by atoms with Gasteiger partial charge in [0, 0.05) is 0 Å². The number of hydrogen-bond donors (Lipinski definition) is 0. The molecule has 30 valence electrons. The van der Waals surface area contributed by atoms with Crippen LogP contribution in [0.5, 0.6) is 0 Å². The van der Waals surface area contributed by atoms with Crippen molar-refractivity contribution in [3.8, 4) is 0 Å². The van der Waals surface area contributed by atoms with Gasteiger partial charge in [0.15, 0.2) is 0 Å². The first-order valence-electron chi connectivity index (χ1n) is 1.73. The molecule has 0 aliphatic carbocycles. The third-order valence-corrected chi connectivity index (χ3v) is 0. The van der Waals surface area contributed by atoms with Crippen LogP contribution in [0.3, 0.4) is 0 Å². The first-order chi connectivity index (χ1) is 1.73. The van der Waals surface area contributed by atoms with Gasteiger partial charge >= 0.3 is 52.4 Å². The van der Waals surface area contributed by atoms with Gasteiger partial charge in [-0.25, -0.2) is 0 Å². The minimum atomic E-state index is -0.479. The van der Waals surface area contributed by atoms with Gasteiger partial charge in [0.2, 0.25) is 0 Å². The minimum absolute atomic E-state index is 0. The molecule has 0 nitrogen and oxygen atoms in total. The molecule has 0 bridgehead atoms. The quantitative estimate of drug-likeness (QED) is 0.475. The molecule has 0 heterocycles. The predicted molar refractivity (Wildman–Crippen MR) is 33.3 cm³/mol. The molecule has 0 saturated carbocycles. The van der Waals surface area contributed by atoms with E-state index in [4.69, 9.17) is 0 Å². The first kappa shape index (κ1) is 9.55. The number of rotatable bonds is 0. The molecule has 0 aromatic rings. The van der Waals surface area contributed by atoms with E-state index in [1.807, 2.05) is 0 Å². The van der Waals surface area contributed by atoms with E-state index in [9.17, 15) is 0 Å². The first-order valence-corrected chi connectivity index (χ1v) is 9.00. The van der Waals surface area contributed by atoms with Crippen molar-refractivity contribution in [2.24, 2.45) is 0 Å². The second-order valence-electron chi connectivity index (χ2n) is 1.73. The maximum atomic E-state index is 2.35. The van der Waals surface area contributed by atoms with Crippen molar-refractivity contribution < 1.29 is 0 Å². The van der Waals surface area contributed by atoms with Crippen LogP contribution >= 0.6 is 0 Å². The van der Waals surface area contributed by atoms with Crippen LogP contribution in [-0.2, 0) is 0 Å². The fourth-order valence-electron chi connectivity index (χ4n) is 0. The Hall–Kier alpha value is 1.27. The molecule has 0 amide bonds. The third kappa shape index (κ3) is 34.9. The molecule has 0 aromatic carbocycles. The van der Waals surface area contributed by atoms with Gasteiger partial charge in [-0.2, -0.15) is 0 Å². The van der Waals surface area contributed by atoms with Gasteiger partial charge in [-0.05, 0) is 0 Å². The Morgan fingerprint density at radius 1 is 1.00 bits per heavy atom. The third-order valence-electron chi connectivity index (χ3n) is 0. The monoisotopic (exact) mass is 186 g/mol. The van der Waals surface area contributed by atoms with Crippen molar-refractivity contribution in [3.63, 3.8) is 0 Å². The molecular weight excluding hydrogens is 175 g/mol. The van der Waals surface area contributed by atoms with Gasteiger partial charge in [-0.15, -0.1) is 0 Å². The summed E-state index contributed by atoms with van der Waals surface area (Å²) in [6.45, 7) is 0. The molecule has 0 fully saturated rings. The standard InChI is InChI=1S/3CH3.2Ga.3H/h3*1H3;;;;;. The van der Waals surface area contributed by atoms with Gasteiger partial charge in [-0.3, -0.25) is 0 Å². The second kappa shape index (κ2) is 5.27. The van der Waals surface area contributed by atoms with Crippen molar-refractivity contribution >= 4 is 36.0 Å². The summed E-state index contributed by atoms with van der Waals surface area (Å²) in [5, 5.41) is 0. The summed E-state index contributed by atoms with van der Waals surface area (Å²) in [4.78, 5) is 0. The van der Waals surface area contributed by atoms with E-state index in [-0.39, 0.29) is 19.8 Å². The summed E-state index contributed by atoms with van der Waals surface area (Å²) in [7, 11) is 0. The number of hydrogen-bond acceptors (Lipinski definition) is 0. The topological polar surface area (TPSA) is 0 Å². The zero-order valence-electron chi connectivity index (χ0n) is 3.58. The fourth-order valence-corrected chi connectivity index (χ4v) is 0. The molecule has 0 aliphatic rings.